The molecule has 0 aliphatic heterocycles. The number of aliphatic hydroxyl groups excluding tert-OH is 1. The van der Waals surface area contributed by atoms with Crippen molar-refractivity contribution in [3.8, 4) is 0 Å². The zero-order valence-corrected chi connectivity index (χ0v) is 25.4. The summed E-state index contributed by atoms with van der Waals surface area (Å²) in [5, 5.41) is 8.32. The lowest BCUT2D eigenvalue weighted by atomic mass is 10.3. The molecule has 0 spiro atoms. The zero-order chi connectivity index (χ0) is 33.7. The lowest BCUT2D eigenvalue weighted by Gasteiger charge is -2.00. The van der Waals surface area contributed by atoms with Crippen LogP contribution in [0.4, 0.5) is 0 Å². The first-order valence-corrected chi connectivity index (χ1v) is 13.0. The second-order valence-electron chi connectivity index (χ2n) is 9.67. The molecule has 1 atom stereocenters. The van der Waals surface area contributed by atoms with Crippen LogP contribution < -0.4 is 33.7 Å². The standard InChI is InChI=1S/3C7H8N4O2.C4H8O2/c3*1-10-5-4(8-3-9-5)6(12)11(2)7(10)13;1-4(6)2-3-5/h3*3H,1-2H3,(H,8,9);3-4,6H,2H2,1H3. The third-order valence-electron chi connectivity index (χ3n) is 6.53. The molecule has 6 aromatic heterocycles. The Kier molecular flexibility index (Phi) is 10.1. The van der Waals surface area contributed by atoms with E-state index < -0.39 is 6.10 Å². The van der Waals surface area contributed by atoms with Gasteiger partial charge in [0.1, 0.15) is 22.8 Å². The van der Waals surface area contributed by atoms with Crippen LogP contribution in [0.1, 0.15) is 13.3 Å². The number of fused-ring (bicyclic) bond motifs is 3. The molecule has 0 fully saturated rings. The lowest BCUT2D eigenvalue weighted by Crippen LogP contribution is -2.36. The van der Waals surface area contributed by atoms with Crippen LogP contribution in [0.2, 0.25) is 0 Å². The van der Waals surface area contributed by atoms with Gasteiger partial charge in [-0.15, -0.1) is 0 Å². The Morgan fingerprint density at radius 3 is 1.07 bits per heavy atom. The molecular weight excluding hydrogens is 596 g/mol. The number of rotatable bonds is 2. The fourth-order valence-corrected chi connectivity index (χ4v) is 3.95. The summed E-state index contributed by atoms with van der Waals surface area (Å²) in [4.78, 5) is 97.6. The van der Waals surface area contributed by atoms with Gasteiger partial charge >= 0.3 is 17.1 Å². The van der Waals surface area contributed by atoms with Crippen molar-refractivity contribution in [3.05, 3.63) is 81.5 Å². The van der Waals surface area contributed by atoms with Crippen molar-refractivity contribution in [3.63, 3.8) is 0 Å². The molecule has 6 aromatic rings. The second-order valence-corrected chi connectivity index (χ2v) is 9.67. The minimum atomic E-state index is -0.470. The normalized spacial score (nSPS) is 11.3. The second kappa shape index (κ2) is 13.6. The molecule has 0 radical (unpaired) electrons. The Bertz CT molecular complexity index is 2100. The maximum absolute atomic E-state index is 11.4. The Morgan fingerprint density at radius 1 is 0.600 bits per heavy atom. The van der Waals surface area contributed by atoms with Crippen LogP contribution in [0, 0.1) is 0 Å². The Balaban J connectivity index is 0.000000169. The number of hydrogen-bond acceptors (Lipinski definition) is 11. The Hall–Kier alpha value is -5.92. The third kappa shape index (κ3) is 6.54. The van der Waals surface area contributed by atoms with Crippen LogP contribution >= 0.6 is 0 Å². The molecule has 0 aliphatic carbocycles. The summed E-state index contributed by atoms with van der Waals surface area (Å²) in [6.07, 6.45) is 4.66. The van der Waals surface area contributed by atoms with Crippen LogP contribution in [-0.4, -0.2) is 74.8 Å². The molecule has 20 heteroatoms. The maximum atomic E-state index is 11.4. The number of aromatic amines is 3. The molecule has 0 aliphatic rings. The van der Waals surface area contributed by atoms with Crippen molar-refractivity contribution in [1.29, 1.82) is 0 Å². The Morgan fingerprint density at radius 2 is 0.867 bits per heavy atom. The summed E-state index contributed by atoms with van der Waals surface area (Å²) in [7, 11) is 9.03. The predicted octanol–water partition coefficient (Wildman–Crippen LogP) is -3.16. The summed E-state index contributed by atoms with van der Waals surface area (Å²) in [6, 6.07) is 0. The summed E-state index contributed by atoms with van der Waals surface area (Å²) >= 11 is 0. The SMILES string of the molecule is CC(O)CC=O.Cn1c(=O)c2[nH]cnc2n(C)c1=O.Cn1c(=O)c2[nH]cnc2n(C)c1=O.Cn1c(=O)c2[nH]cnc2n(C)c1=O. The van der Waals surface area contributed by atoms with Gasteiger partial charge in [-0.3, -0.25) is 41.8 Å². The number of H-pyrrole nitrogens is 3. The Labute approximate surface area is 250 Å². The van der Waals surface area contributed by atoms with E-state index in [2.05, 4.69) is 29.9 Å². The highest BCUT2D eigenvalue weighted by Gasteiger charge is 2.11. The zero-order valence-electron chi connectivity index (χ0n) is 25.4. The molecule has 6 rings (SSSR count). The molecule has 0 saturated carbocycles. The number of aryl methyl sites for hydroxylation is 3. The molecule has 20 nitrogen and oxygen atoms in total. The molecular formula is C25H32N12O8. The van der Waals surface area contributed by atoms with E-state index in [1.165, 1.54) is 53.8 Å². The minimum Gasteiger partial charge on any atom is -0.393 e. The van der Waals surface area contributed by atoms with Crippen molar-refractivity contribution in [1.82, 2.24) is 57.3 Å². The van der Waals surface area contributed by atoms with Crippen molar-refractivity contribution >= 4 is 39.8 Å². The highest BCUT2D eigenvalue weighted by atomic mass is 16.3. The number of nitrogens with zero attached hydrogens (tertiary/aromatic N) is 9. The molecule has 45 heavy (non-hydrogen) atoms. The first kappa shape index (κ1) is 33.6. The fraction of sp³-hybridized carbons (Fsp3) is 0.360. The van der Waals surface area contributed by atoms with Gasteiger partial charge in [-0.05, 0) is 6.92 Å². The van der Waals surface area contributed by atoms with Crippen molar-refractivity contribution < 1.29 is 9.90 Å². The summed E-state index contributed by atoms with van der Waals surface area (Å²) in [6.45, 7) is 1.58. The first-order valence-electron chi connectivity index (χ1n) is 13.0. The van der Waals surface area contributed by atoms with E-state index in [0.717, 1.165) is 13.7 Å². The summed E-state index contributed by atoms with van der Waals surface area (Å²) < 4.78 is 7.11. The van der Waals surface area contributed by atoms with Gasteiger partial charge in [0.25, 0.3) is 16.7 Å². The van der Waals surface area contributed by atoms with Crippen molar-refractivity contribution in [2.45, 2.75) is 19.4 Å². The minimum absolute atomic E-state index is 0.250. The van der Waals surface area contributed by atoms with E-state index >= 15 is 0 Å². The molecule has 0 amide bonds. The predicted molar refractivity (Wildman–Crippen MR) is 162 cm³/mol. The van der Waals surface area contributed by atoms with Crippen LogP contribution in [0.15, 0.2) is 47.7 Å². The molecule has 4 N–H and O–H groups in total. The molecule has 6 heterocycles. The summed E-state index contributed by atoms with van der Waals surface area (Å²) in [5.41, 5.74) is 0.0358. The number of aliphatic hydroxyl groups is 1. The number of carbonyl (C=O) groups excluding carboxylic acids is 1. The van der Waals surface area contributed by atoms with E-state index in [1.54, 1.807) is 28.1 Å². The van der Waals surface area contributed by atoms with E-state index in [-0.39, 0.29) is 40.2 Å². The van der Waals surface area contributed by atoms with Gasteiger partial charge in [0.2, 0.25) is 0 Å². The first-order chi connectivity index (χ1) is 21.1. The number of carbonyl (C=O) groups is 1. The molecule has 240 valence electrons. The fourth-order valence-electron chi connectivity index (χ4n) is 3.95. The van der Waals surface area contributed by atoms with Crippen molar-refractivity contribution in [2.75, 3.05) is 0 Å². The highest BCUT2D eigenvalue weighted by Crippen LogP contribution is 1.99. The van der Waals surface area contributed by atoms with E-state index in [1.807, 2.05) is 0 Å². The largest absolute Gasteiger partial charge is 0.393 e. The monoisotopic (exact) mass is 628 g/mol. The number of nitrogens with one attached hydrogen (secondary N) is 3. The maximum Gasteiger partial charge on any atom is 0.332 e. The topological polar surface area (TPSA) is 255 Å². The number of hydrogen-bond donors (Lipinski definition) is 4. The molecule has 0 aromatic carbocycles. The van der Waals surface area contributed by atoms with Crippen LogP contribution in [-0.2, 0) is 47.1 Å². The lowest BCUT2D eigenvalue weighted by molar-refractivity contribution is -0.109. The van der Waals surface area contributed by atoms with Gasteiger partial charge < -0.3 is 24.9 Å². The van der Waals surface area contributed by atoms with E-state index in [0.29, 0.717) is 39.8 Å². The van der Waals surface area contributed by atoms with Gasteiger partial charge in [-0.25, -0.2) is 29.3 Å². The summed E-state index contributed by atoms with van der Waals surface area (Å²) in [5.74, 6) is 0. The van der Waals surface area contributed by atoms with Gasteiger partial charge in [-0.1, -0.05) is 0 Å². The number of imidazole rings is 3. The van der Waals surface area contributed by atoms with Gasteiger partial charge in [0.15, 0.2) is 16.9 Å². The third-order valence-corrected chi connectivity index (χ3v) is 6.53. The van der Waals surface area contributed by atoms with E-state index in [4.69, 9.17) is 5.11 Å². The average Bonchev–Trinajstić information content (AvgIpc) is 3.81. The number of aldehydes is 1. The van der Waals surface area contributed by atoms with Gasteiger partial charge in [0, 0.05) is 48.7 Å². The highest BCUT2D eigenvalue weighted by molar-refractivity contribution is 5.69. The molecule has 1 unspecified atom stereocenters. The van der Waals surface area contributed by atoms with Crippen molar-refractivity contribution in [2.24, 2.45) is 42.3 Å². The van der Waals surface area contributed by atoms with Gasteiger partial charge in [-0.2, -0.15) is 0 Å². The molecule has 0 bridgehead atoms. The van der Waals surface area contributed by atoms with Crippen LogP contribution in [0.3, 0.4) is 0 Å². The quantitative estimate of drug-likeness (QED) is 0.139. The number of aromatic nitrogens is 12. The smallest absolute Gasteiger partial charge is 0.332 e. The van der Waals surface area contributed by atoms with E-state index in [9.17, 15) is 33.6 Å². The van der Waals surface area contributed by atoms with Crippen LogP contribution in [0.25, 0.3) is 33.5 Å². The molecule has 0 saturated heterocycles. The van der Waals surface area contributed by atoms with Crippen LogP contribution in [0.5, 0.6) is 0 Å². The average molecular weight is 629 g/mol. The van der Waals surface area contributed by atoms with Gasteiger partial charge in [0.05, 0.1) is 25.1 Å².